The monoisotopic (exact) mass is 402 g/mol. The molecule has 7 heteroatoms. The first kappa shape index (κ1) is 20.5. The van der Waals surface area contributed by atoms with Gasteiger partial charge in [0.25, 0.3) is 0 Å². The van der Waals surface area contributed by atoms with E-state index < -0.39 is 10.0 Å². The van der Waals surface area contributed by atoms with Crippen molar-refractivity contribution >= 4 is 16.0 Å². The third-order valence-electron chi connectivity index (χ3n) is 5.07. The van der Waals surface area contributed by atoms with Crippen LogP contribution in [0.1, 0.15) is 27.0 Å². The van der Waals surface area contributed by atoms with Crippen LogP contribution >= 0.6 is 0 Å². The van der Waals surface area contributed by atoms with E-state index in [1.807, 2.05) is 38.1 Å². The van der Waals surface area contributed by atoms with Gasteiger partial charge in [-0.15, -0.1) is 0 Å². The van der Waals surface area contributed by atoms with Crippen LogP contribution in [0.4, 0.5) is 0 Å². The number of aryl methyl sites for hydroxylation is 2. The van der Waals surface area contributed by atoms with E-state index in [1.54, 1.807) is 22.5 Å². The smallest absolute Gasteiger partial charge is 0.337 e. The Kier molecular flexibility index (Phi) is 6.17. The average Bonchev–Trinajstić information content (AvgIpc) is 2.70. The van der Waals surface area contributed by atoms with Gasteiger partial charge in [0.15, 0.2) is 0 Å². The molecule has 6 nitrogen and oxygen atoms in total. The van der Waals surface area contributed by atoms with Gasteiger partial charge in [0, 0.05) is 32.7 Å². The van der Waals surface area contributed by atoms with Crippen LogP contribution < -0.4 is 0 Å². The summed E-state index contributed by atoms with van der Waals surface area (Å²) in [5.74, 6) is -0.350. The topological polar surface area (TPSA) is 66.9 Å². The number of piperazine rings is 1. The molecule has 0 N–H and O–H groups in total. The highest BCUT2D eigenvalue weighted by atomic mass is 32.2. The number of rotatable bonds is 5. The van der Waals surface area contributed by atoms with Gasteiger partial charge in [0.1, 0.15) is 0 Å². The van der Waals surface area contributed by atoms with Crippen molar-refractivity contribution in [2.24, 2.45) is 0 Å². The van der Waals surface area contributed by atoms with Crippen molar-refractivity contribution in [1.29, 1.82) is 0 Å². The minimum Gasteiger partial charge on any atom is -0.465 e. The molecular weight excluding hydrogens is 376 g/mol. The SMILES string of the molecule is COC(=O)c1ccc(CN2CCN(S(=O)(=O)c3cc(C)ccc3C)CC2)cc1. The maximum Gasteiger partial charge on any atom is 0.337 e. The van der Waals surface area contributed by atoms with E-state index in [0.717, 1.165) is 23.2 Å². The number of esters is 1. The summed E-state index contributed by atoms with van der Waals surface area (Å²) < 4.78 is 32.3. The van der Waals surface area contributed by atoms with Crippen LogP contribution in [0.3, 0.4) is 0 Å². The van der Waals surface area contributed by atoms with Gasteiger partial charge in [-0.1, -0.05) is 24.3 Å². The Bertz CT molecular complexity index is 947. The number of nitrogens with zero attached hydrogens (tertiary/aromatic N) is 2. The number of carbonyl (C=O) groups is 1. The summed E-state index contributed by atoms with van der Waals surface area (Å²) >= 11 is 0. The molecule has 0 atom stereocenters. The number of sulfonamides is 1. The fraction of sp³-hybridized carbons (Fsp3) is 0.381. The number of hydrogen-bond acceptors (Lipinski definition) is 5. The van der Waals surface area contributed by atoms with Gasteiger partial charge in [0.2, 0.25) is 10.0 Å². The van der Waals surface area contributed by atoms with Crippen LogP contribution in [0.2, 0.25) is 0 Å². The Morgan fingerprint density at radius 1 is 1.00 bits per heavy atom. The van der Waals surface area contributed by atoms with Crippen molar-refractivity contribution in [1.82, 2.24) is 9.21 Å². The highest BCUT2D eigenvalue weighted by Gasteiger charge is 2.29. The summed E-state index contributed by atoms with van der Waals surface area (Å²) in [4.78, 5) is 14.1. The molecule has 1 heterocycles. The zero-order chi connectivity index (χ0) is 20.3. The van der Waals surface area contributed by atoms with Crippen LogP contribution in [-0.2, 0) is 21.3 Å². The highest BCUT2D eigenvalue weighted by molar-refractivity contribution is 7.89. The second-order valence-corrected chi connectivity index (χ2v) is 9.04. The first-order valence-corrected chi connectivity index (χ1v) is 10.7. The predicted octanol–water partition coefficient (Wildman–Crippen LogP) is 2.60. The van der Waals surface area contributed by atoms with E-state index >= 15 is 0 Å². The molecule has 0 amide bonds. The van der Waals surface area contributed by atoms with Crippen LogP contribution in [0.5, 0.6) is 0 Å². The molecule has 3 rings (SSSR count). The predicted molar refractivity (Wildman–Crippen MR) is 108 cm³/mol. The molecular formula is C21H26N2O4S. The van der Waals surface area contributed by atoms with E-state index in [9.17, 15) is 13.2 Å². The number of hydrogen-bond donors (Lipinski definition) is 0. The van der Waals surface area contributed by atoms with Crippen LogP contribution in [0, 0.1) is 13.8 Å². The van der Waals surface area contributed by atoms with Gasteiger partial charge >= 0.3 is 5.97 Å². The Balaban J connectivity index is 1.62. The molecule has 1 saturated heterocycles. The minimum atomic E-state index is -3.47. The Morgan fingerprint density at radius 2 is 1.64 bits per heavy atom. The normalized spacial score (nSPS) is 16.1. The molecule has 0 radical (unpaired) electrons. The van der Waals surface area contributed by atoms with Gasteiger partial charge in [0.05, 0.1) is 17.6 Å². The molecule has 1 aliphatic heterocycles. The quantitative estimate of drug-likeness (QED) is 0.719. The maximum absolute atomic E-state index is 13.0. The van der Waals surface area contributed by atoms with Gasteiger partial charge in [-0.2, -0.15) is 4.31 Å². The lowest BCUT2D eigenvalue weighted by Crippen LogP contribution is -2.48. The van der Waals surface area contributed by atoms with Crippen molar-refractivity contribution in [3.63, 3.8) is 0 Å². The molecule has 0 aromatic heterocycles. The van der Waals surface area contributed by atoms with Gasteiger partial charge in [-0.3, -0.25) is 4.90 Å². The Labute approximate surface area is 166 Å². The second kappa shape index (κ2) is 8.43. The summed E-state index contributed by atoms with van der Waals surface area (Å²) in [6.07, 6.45) is 0. The minimum absolute atomic E-state index is 0.350. The second-order valence-electron chi connectivity index (χ2n) is 7.14. The summed E-state index contributed by atoms with van der Waals surface area (Å²) in [6, 6.07) is 12.9. The van der Waals surface area contributed by atoms with Crippen LogP contribution in [-0.4, -0.2) is 56.9 Å². The molecule has 150 valence electrons. The standard InChI is InChI=1S/C21H26N2O4S/c1-16-4-5-17(2)20(14-16)28(25,26)23-12-10-22(11-13-23)15-18-6-8-19(9-7-18)21(24)27-3/h4-9,14H,10-13,15H2,1-3H3. The Morgan fingerprint density at radius 3 is 2.25 bits per heavy atom. The maximum atomic E-state index is 13.0. The summed E-state index contributed by atoms with van der Waals surface area (Å²) in [7, 11) is -2.11. The van der Waals surface area contributed by atoms with Gasteiger partial charge in [-0.25, -0.2) is 13.2 Å². The van der Waals surface area contributed by atoms with Crippen LogP contribution in [0.15, 0.2) is 47.4 Å². The number of methoxy groups -OCH3 is 1. The molecule has 0 spiro atoms. The lowest BCUT2D eigenvalue weighted by molar-refractivity contribution is 0.0600. The molecule has 1 aliphatic rings. The first-order valence-electron chi connectivity index (χ1n) is 9.28. The fourth-order valence-electron chi connectivity index (χ4n) is 3.37. The number of ether oxygens (including phenoxy) is 1. The lowest BCUT2D eigenvalue weighted by atomic mass is 10.1. The lowest BCUT2D eigenvalue weighted by Gasteiger charge is -2.34. The van der Waals surface area contributed by atoms with Gasteiger partial charge in [-0.05, 0) is 48.7 Å². The molecule has 0 unspecified atom stereocenters. The van der Waals surface area contributed by atoms with E-state index in [0.29, 0.717) is 36.6 Å². The zero-order valence-electron chi connectivity index (χ0n) is 16.5. The van der Waals surface area contributed by atoms with Crippen molar-refractivity contribution in [2.75, 3.05) is 33.3 Å². The molecule has 2 aromatic carbocycles. The average molecular weight is 403 g/mol. The van der Waals surface area contributed by atoms with Crippen molar-refractivity contribution in [3.05, 3.63) is 64.7 Å². The zero-order valence-corrected chi connectivity index (χ0v) is 17.3. The van der Waals surface area contributed by atoms with E-state index in [2.05, 4.69) is 4.90 Å². The van der Waals surface area contributed by atoms with E-state index in [4.69, 9.17) is 4.74 Å². The molecule has 2 aromatic rings. The number of benzene rings is 2. The van der Waals surface area contributed by atoms with E-state index in [1.165, 1.54) is 7.11 Å². The molecule has 0 aliphatic carbocycles. The Hall–Kier alpha value is -2.22. The van der Waals surface area contributed by atoms with Crippen molar-refractivity contribution in [3.8, 4) is 0 Å². The van der Waals surface area contributed by atoms with Crippen molar-refractivity contribution < 1.29 is 17.9 Å². The molecule has 1 fully saturated rings. The summed E-state index contributed by atoms with van der Waals surface area (Å²) in [6.45, 7) is 6.73. The molecule has 28 heavy (non-hydrogen) atoms. The highest BCUT2D eigenvalue weighted by Crippen LogP contribution is 2.23. The van der Waals surface area contributed by atoms with Gasteiger partial charge < -0.3 is 4.74 Å². The fourth-order valence-corrected chi connectivity index (χ4v) is 5.11. The first-order chi connectivity index (χ1) is 13.3. The summed E-state index contributed by atoms with van der Waals surface area (Å²) in [5.41, 5.74) is 3.33. The van der Waals surface area contributed by atoms with E-state index in [-0.39, 0.29) is 5.97 Å². The third-order valence-corrected chi connectivity index (χ3v) is 7.11. The molecule has 0 bridgehead atoms. The van der Waals surface area contributed by atoms with Crippen molar-refractivity contribution in [2.45, 2.75) is 25.3 Å². The largest absolute Gasteiger partial charge is 0.465 e. The van der Waals surface area contributed by atoms with Crippen LogP contribution in [0.25, 0.3) is 0 Å². The third kappa shape index (κ3) is 4.43. The summed E-state index contributed by atoms with van der Waals surface area (Å²) in [5, 5.41) is 0. The molecule has 0 saturated carbocycles. The number of carbonyl (C=O) groups excluding carboxylic acids is 1.